The minimum absolute atomic E-state index is 0.0801. The molecule has 10 nitrogen and oxygen atoms in total. The van der Waals surface area contributed by atoms with Gasteiger partial charge in [-0.3, -0.25) is 19.2 Å². The summed E-state index contributed by atoms with van der Waals surface area (Å²) in [6.45, 7) is 6.34. The Bertz CT molecular complexity index is 976. The summed E-state index contributed by atoms with van der Waals surface area (Å²) in [5, 5.41) is 26.3. The molecule has 2 aliphatic heterocycles. The van der Waals surface area contributed by atoms with Crippen LogP contribution in [0.25, 0.3) is 0 Å². The summed E-state index contributed by atoms with van der Waals surface area (Å²) >= 11 is 0. The lowest BCUT2D eigenvalue weighted by Crippen LogP contribution is -2.62. The molecular formula is C23H32F3N5O5. The maximum atomic E-state index is 13.5. The number of halogens is 3. The molecule has 3 aliphatic rings. The van der Waals surface area contributed by atoms with Gasteiger partial charge in [0, 0.05) is 24.4 Å². The SMILES string of the molecule is CC1(C)C2CN(C(=O)[C@@H](NC(=O)C(F)(F)F)C(C)(C)CO)C(C(=O)N[C@H](C#N)C[C@@H]3CCNC3=O)C21. The summed E-state index contributed by atoms with van der Waals surface area (Å²) in [5.41, 5.74) is -1.78. The largest absolute Gasteiger partial charge is 0.471 e. The Morgan fingerprint density at radius 1 is 1.28 bits per heavy atom. The summed E-state index contributed by atoms with van der Waals surface area (Å²) < 4.78 is 38.9. The van der Waals surface area contributed by atoms with Crippen LogP contribution in [0.5, 0.6) is 0 Å². The number of amides is 4. The molecule has 0 spiro atoms. The van der Waals surface area contributed by atoms with Crippen molar-refractivity contribution in [3.05, 3.63) is 0 Å². The molecule has 0 bridgehead atoms. The Kier molecular flexibility index (Phi) is 7.34. The number of rotatable bonds is 8. The number of aliphatic hydroxyl groups excluding tert-OH is 1. The Hall–Kier alpha value is -2.88. The van der Waals surface area contributed by atoms with Crippen LogP contribution in [-0.2, 0) is 19.2 Å². The van der Waals surface area contributed by atoms with E-state index in [2.05, 4.69) is 10.6 Å². The van der Waals surface area contributed by atoms with Crippen LogP contribution in [0.1, 0.15) is 40.5 Å². The summed E-state index contributed by atoms with van der Waals surface area (Å²) in [5.74, 6) is -4.94. The van der Waals surface area contributed by atoms with Crippen LogP contribution in [0.3, 0.4) is 0 Å². The van der Waals surface area contributed by atoms with E-state index in [9.17, 15) is 42.7 Å². The predicted octanol–water partition coefficient (Wildman–Crippen LogP) is 0.0696. The van der Waals surface area contributed by atoms with E-state index in [0.717, 1.165) is 4.90 Å². The predicted molar refractivity (Wildman–Crippen MR) is 118 cm³/mol. The van der Waals surface area contributed by atoms with Gasteiger partial charge in [0.2, 0.25) is 17.7 Å². The maximum absolute atomic E-state index is 13.5. The summed E-state index contributed by atoms with van der Waals surface area (Å²) in [7, 11) is 0. The van der Waals surface area contributed by atoms with E-state index >= 15 is 0 Å². The Labute approximate surface area is 206 Å². The van der Waals surface area contributed by atoms with Crippen molar-refractivity contribution < 1.29 is 37.5 Å². The third-order valence-electron chi connectivity index (χ3n) is 7.88. The van der Waals surface area contributed by atoms with Gasteiger partial charge in [-0.15, -0.1) is 0 Å². The van der Waals surface area contributed by atoms with Gasteiger partial charge in [0.05, 0.1) is 12.7 Å². The molecule has 2 heterocycles. The second-order valence-electron chi connectivity index (χ2n) is 11.1. The molecule has 0 aromatic rings. The van der Waals surface area contributed by atoms with Crippen LogP contribution in [-0.4, -0.2) is 77.6 Å². The Morgan fingerprint density at radius 3 is 2.42 bits per heavy atom. The number of hydrogen-bond donors (Lipinski definition) is 4. The first-order valence-corrected chi connectivity index (χ1v) is 11.8. The fourth-order valence-corrected chi connectivity index (χ4v) is 5.43. The molecular weight excluding hydrogens is 483 g/mol. The Balaban J connectivity index is 1.83. The average Bonchev–Trinajstić information content (AvgIpc) is 3.14. The topological polar surface area (TPSA) is 152 Å². The molecule has 3 unspecified atom stereocenters. The van der Waals surface area contributed by atoms with Gasteiger partial charge in [0.1, 0.15) is 18.1 Å². The molecule has 4 amide bonds. The zero-order valence-electron chi connectivity index (χ0n) is 20.6. The lowest BCUT2D eigenvalue weighted by atomic mass is 9.83. The van der Waals surface area contributed by atoms with Gasteiger partial charge in [-0.2, -0.15) is 18.4 Å². The normalized spacial score (nSPS) is 28.4. The van der Waals surface area contributed by atoms with E-state index in [0.29, 0.717) is 13.0 Å². The molecule has 36 heavy (non-hydrogen) atoms. The van der Waals surface area contributed by atoms with Crippen molar-refractivity contribution >= 4 is 23.6 Å². The van der Waals surface area contributed by atoms with E-state index in [4.69, 9.17) is 0 Å². The van der Waals surface area contributed by atoms with Gasteiger partial charge >= 0.3 is 12.1 Å². The highest BCUT2D eigenvalue weighted by molar-refractivity contribution is 5.95. The molecule has 2 saturated heterocycles. The molecule has 200 valence electrons. The fourth-order valence-electron chi connectivity index (χ4n) is 5.43. The number of nitrogens with zero attached hydrogens (tertiary/aromatic N) is 2. The number of aliphatic hydroxyl groups is 1. The van der Waals surface area contributed by atoms with E-state index in [1.54, 1.807) is 5.32 Å². The average molecular weight is 516 g/mol. The van der Waals surface area contributed by atoms with Crippen LogP contribution in [0, 0.1) is 39.9 Å². The van der Waals surface area contributed by atoms with Crippen LogP contribution in [0.2, 0.25) is 0 Å². The third-order valence-corrected chi connectivity index (χ3v) is 7.88. The van der Waals surface area contributed by atoms with Crippen molar-refractivity contribution in [2.75, 3.05) is 19.7 Å². The fraction of sp³-hybridized carbons (Fsp3) is 0.783. The molecule has 0 aromatic carbocycles. The number of alkyl halides is 3. The Morgan fingerprint density at radius 2 is 1.92 bits per heavy atom. The van der Waals surface area contributed by atoms with Gasteiger partial charge in [0.15, 0.2) is 0 Å². The van der Waals surface area contributed by atoms with E-state index < -0.39 is 60.0 Å². The number of nitriles is 1. The number of nitrogens with one attached hydrogen (secondary N) is 3. The molecule has 1 aliphatic carbocycles. The molecule has 4 N–H and O–H groups in total. The molecule has 3 rings (SSSR count). The van der Waals surface area contributed by atoms with Gasteiger partial charge in [-0.25, -0.2) is 0 Å². The van der Waals surface area contributed by atoms with Crippen molar-refractivity contribution in [1.29, 1.82) is 5.26 Å². The van der Waals surface area contributed by atoms with Gasteiger partial charge in [-0.05, 0) is 30.1 Å². The van der Waals surface area contributed by atoms with Crippen molar-refractivity contribution in [3.63, 3.8) is 0 Å². The second kappa shape index (κ2) is 9.53. The zero-order valence-corrected chi connectivity index (χ0v) is 20.6. The van der Waals surface area contributed by atoms with Crippen LogP contribution in [0.4, 0.5) is 13.2 Å². The zero-order chi connectivity index (χ0) is 27.2. The highest BCUT2D eigenvalue weighted by Crippen LogP contribution is 2.65. The van der Waals surface area contributed by atoms with Crippen molar-refractivity contribution in [2.45, 2.75) is 64.8 Å². The van der Waals surface area contributed by atoms with Crippen LogP contribution >= 0.6 is 0 Å². The minimum atomic E-state index is -5.25. The first-order chi connectivity index (χ1) is 16.6. The summed E-state index contributed by atoms with van der Waals surface area (Å²) in [4.78, 5) is 51.6. The molecule has 1 saturated carbocycles. The lowest BCUT2D eigenvalue weighted by Gasteiger charge is -2.38. The number of hydrogen-bond acceptors (Lipinski definition) is 6. The standard InChI is InChI=1S/C23H32F3N5O5/c1-21(2,10-32)16(30-20(36)23(24,25)26)19(35)31-9-13-14(22(13,3)4)15(31)18(34)29-12(8-27)7-11-5-6-28-17(11)33/h11-16,32H,5-7,9-10H2,1-4H3,(H,28,33)(H,29,34)(H,30,36)/t11-,12-,13?,14?,15?,16+/m0/s1. The summed E-state index contributed by atoms with van der Waals surface area (Å²) in [6.07, 6.45) is -4.63. The van der Waals surface area contributed by atoms with Gasteiger partial charge in [0.25, 0.3) is 0 Å². The highest BCUT2D eigenvalue weighted by atomic mass is 19.4. The second-order valence-corrected chi connectivity index (χ2v) is 11.1. The van der Waals surface area contributed by atoms with Crippen LogP contribution in [0.15, 0.2) is 0 Å². The first-order valence-electron chi connectivity index (χ1n) is 11.8. The quantitative estimate of drug-likeness (QED) is 0.359. The number of piperidine rings is 1. The smallest absolute Gasteiger partial charge is 0.396 e. The first kappa shape index (κ1) is 27.7. The number of likely N-dealkylation sites (tertiary alicyclic amines) is 1. The number of carbonyl (C=O) groups is 4. The highest BCUT2D eigenvalue weighted by Gasteiger charge is 2.70. The molecule has 13 heteroatoms. The number of fused-ring (bicyclic) bond motifs is 1. The number of carbonyl (C=O) groups excluding carboxylic acids is 4. The van der Waals surface area contributed by atoms with Crippen LogP contribution < -0.4 is 16.0 Å². The molecule has 0 aromatic heterocycles. The van der Waals surface area contributed by atoms with E-state index in [1.807, 2.05) is 19.9 Å². The molecule has 6 atom stereocenters. The van der Waals surface area contributed by atoms with Crippen molar-refractivity contribution in [1.82, 2.24) is 20.9 Å². The summed E-state index contributed by atoms with van der Waals surface area (Å²) in [6, 6.07) is -1.86. The van der Waals surface area contributed by atoms with Gasteiger partial charge in [-0.1, -0.05) is 27.7 Å². The molecule has 3 fully saturated rings. The lowest BCUT2D eigenvalue weighted by molar-refractivity contribution is -0.176. The van der Waals surface area contributed by atoms with E-state index in [1.165, 1.54) is 13.8 Å². The monoisotopic (exact) mass is 515 g/mol. The van der Waals surface area contributed by atoms with Crippen molar-refractivity contribution in [2.24, 2.45) is 28.6 Å². The van der Waals surface area contributed by atoms with Gasteiger partial charge < -0.3 is 26.0 Å². The van der Waals surface area contributed by atoms with Crippen molar-refractivity contribution in [3.8, 4) is 6.07 Å². The van der Waals surface area contributed by atoms with E-state index in [-0.39, 0.29) is 36.1 Å². The maximum Gasteiger partial charge on any atom is 0.471 e. The third kappa shape index (κ3) is 5.14. The minimum Gasteiger partial charge on any atom is -0.396 e. The molecule has 0 radical (unpaired) electrons.